The molecule has 0 bridgehead atoms. The van der Waals surface area contributed by atoms with Crippen molar-refractivity contribution in [1.82, 2.24) is 0 Å². The summed E-state index contributed by atoms with van der Waals surface area (Å²) in [5, 5.41) is 3.71. The Morgan fingerprint density at radius 3 is 2.93 bits per heavy atom. The van der Waals surface area contributed by atoms with Gasteiger partial charge in [0.25, 0.3) is 0 Å². The Kier molecular flexibility index (Phi) is 4.51. The highest BCUT2D eigenvalue weighted by atomic mass is 32.1. The lowest BCUT2D eigenvalue weighted by Gasteiger charge is -2.23. The molecule has 2 nitrogen and oxygen atoms in total. The summed E-state index contributed by atoms with van der Waals surface area (Å²) < 4.78 is 19.3. The van der Waals surface area contributed by atoms with Gasteiger partial charge in [0.05, 0.1) is 6.61 Å². The first kappa shape index (κ1) is 11.6. The van der Waals surface area contributed by atoms with Crippen LogP contribution < -0.4 is 5.73 Å². The van der Waals surface area contributed by atoms with Crippen molar-refractivity contribution >= 4 is 11.3 Å². The third-order valence-electron chi connectivity index (χ3n) is 2.19. The second kappa shape index (κ2) is 5.44. The van der Waals surface area contributed by atoms with Crippen LogP contribution in [0.15, 0.2) is 16.8 Å². The average molecular weight is 217 g/mol. The number of thiophene rings is 1. The molecule has 1 atom stereocenters. The lowest BCUT2D eigenvalue weighted by Crippen LogP contribution is -2.26. The third-order valence-corrected chi connectivity index (χ3v) is 2.87. The predicted molar refractivity (Wildman–Crippen MR) is 57.3 cm³/mol. The molecule has 1 heterocycles. The van der Waals surface area contributed by atoms with Gasteiger partial charge in [0, 0.05) is 12.7 Å². The minimum Gasteiger partial charge on any atom is -0.381 e. The maximum atomic E-state index is 14.4. The van der Waals surface area contributed by atoms with E-state index in [2.05, 4.69) is 0 Å². The van der Waals surface area contributed by atoms with Gasteiger partial charge in [-0.3, -0.25) is 0 Å². The molecule has 2 N–H and O–H groups in total. The topological polar surface area (TPSA) is 35.2 Å². The van der Waals surface area contributed by atoms with Gasteiger partial charge in [0.15, 0.2) is 5.67 Å². The van der Waals surface area contributed by atoms with E-state index in [1.807, 2.05) is 10.8 Å². The first-order chi connectivity index (χ1) is 6.73. The van der Waals surface area contributed by atoms with Crippen molar-refractivity contribution in [3.8, 4) is 0 Å². The van der Waals surface area contributed by atoms with E-state index in [1.165, 1.54) is 18.4 Å². The molecule has 0 aliphatic carbocycles. The van der Waals surface area contributed by atoms with Gasteiger partial charge in [-0.05, 0) is 36.2 Å². The molecule has 14 heavy (non-hydrogen) atoms. The molecule has 4 heteroatoms. The highest BCUT2D eigenvalue weighted by Gasteiger charge is 2.31. The van der Waals surface area contributed by atoms with E-state index in [0.29, 0.717) is 24.9 Å². The van der Waals surface area contributed by atoms with Crippen LogP contribution in [0.2, 0.25) is 0 Å². The van der Waals surface area contributed by atoms with Gasteiger partial charge in [0.1, 0.15) is 0 Å². The lowest BCUT2D eigenvalue weighted by atomic mass is 9.94. The number of hydrogen-bond donors (Lipinski definition) is 1. The largest absolute Gasteiger partial charge is 0.381 e. The molecule has 1 aromatic heterocycles. The smallest absolute Gasteiger partial charge is 0.160 e. The second-order valence-corrected chi connectivity index (χ2v) is 4.08. The Morgan fingerprint density at radius 1 is 1.64 bits per heavy atom. The number of hydrogen-bond acceptors (Lipinski definition) is 3. The number of alkyl halides is 1. The van der Waals surface area contributed by atoms with Crippen LogP contribution in [0.1, 0.15) is 18.4 Å². The van der Waals surface area contributed by atoms with Gasteiger partial charge in [-0.25, -0.2) is 4.39 Å². The number of rotatable bonds is 6. The summed E-state index contributed by atoms with van der Waals surface area (Å²) in [6.07, 6.45) is 1.10. The fraction of sp³-hybridized carbons (Fsp3) is 0.600. The van der Waals surface area contributed by atoms with Crippen LogP contribution in [0.4, 0.5) is 4.39 Å². The fourth-order valence-electron chi connectivity index (χ4n) is 1.43. The molecule has 1 rings (SSSR count). The van der Waals surface area contributed by atoms with Crippen molar-refractivity contribution in [1.29, 1.82) is 0 Å². The Hall–Kier alpha value is -0.450. The Morgan fingerprint density at radius 2 is 2.43 bits per heavy atom. The highest BCUT2D eigenvalue weighted by Crippen LogP contribution is 2.32. The van der Waals surface area contributed by atoms with Crippen LogP contribution >= 0.6 is 11.3 Å². The zero-order valence-corrected chi connectivity index (χ0v) is 9.15. The van der Waals surface area contributed by atoms with Crippen LogP contribution in [-0.2, 0) is 10.4 Å². The lowest BCUT2D eigenvalue weighted by molar-refractivity contribution is 0.0307. The van der Waals surface area contributed by atoms with Crippen molar-refractivity contribution < 1.29 is 9.13 Å². The van der Waals surface area contributed by atoms with Crippen molar-refractivity contribution in [3.63, 3.8) is 0 Å². The Balaban J connectivity index is 2.70. The number of nitrogens with two attached hydrogens (primary N) is 1. The summed E-state index contributed by atoms with van der Waals surface area (Å²) in [6, 6.07) is 1.81. The first-order valence-electron chi connectivity index (χ1n) is 4.63. The third kappa shape index (κ3) is 2.77. The van der Waals surface area contributed by atoms with E-state index >= 15 is 0 Å². The normalized spacial score (nSPS) is 15.4. The summed E-state index contributed by atoms with van der Waals surface area (Å²) >= 11 is 1.50. The molecule has 0 radical (unpaired) electrons. The number of halogens is 1. The van der Waals surface area contributed by atoms with Crippen LogP contribution in [0, 0.1) is 0 Å². The standard InChI is InChI=1S/C10H16FNOS/c1-13-8-10(11,4-2-5-12)9-3-6-14-7-9/h3,6-7H,2,4-5,8,12H2,1H3. The quantitative estimate of drug-likeness (QED) is 0.793. The summed E-state index contributed by atoms with van der Waals surface area (Å²) in [4.78, 5) is 0. The van der Waals surface area contributed by atoms with Crippen molar-refractivity contribution in [2.75, 3.05) is 20.3 Å². The summed E-state index contributed by atoms with van der Waals surface area (Å²) in [7, 11) is 1.52. The molecule has 0 aromatic carbocycles. The van der Waals surface area contributed by atoms with Gasteiger partial charge in [-0.1, -0.05) is 0 Å². The molecule has 80 valence electrons. The maximum absolute atomic E-state index is 14.4. The minimum absolute atomic E-state index is 0.101. The fourth-order valence-corrected chi connectivity index (χ4v) is 2.17. The molecule has 0 spiro atoms. The number of methoxy groups -OCH3 is 1. The van der Waals surface area contributed by atoms with Gasteiger partial charge in [0.2, 0.25) is 0 Å². The molecular formula is C10H16FNOS. The van der Waals surface area contributed by atoms with Crippen molar-refractivity contribution in [3.05, 3.63) is 22.4 Å². The molecule has 0 amide bonds. The van der Waals surface area contributed by atoms with E-state index in [4.69, 9.17) is 10.5 Å². The molecule has 0 saturated carbocycles. The summed E-state index contributed by atoms with van der Waals surface area (Å²) in [5.41, 5.74) is 4.72. The molecule has 1 aromatic rings. The summed E-state index contributed by atoms with van der Waals surface area (Å²) in [6.45, 7) is 0.614. The zero-order valence-electron chi connectivity index (χ0n) is 8.33. The molecule has 0 aliphatic heterocycles. The van der Waals surface area contributed by atoms with Gasteiger partial charge in [-0.15, -0.1) is 0 Å². The van der Waals surface area contributed by atoms with E-state index in [1.54, 1.807) is 6.07 Å². The van der Waals surface area contributed by atoms with E-state index in [9.17, 15) is 4.39 Å². The monoisotopic (exact) mass is 217 g/mol. The van der Waals surface area contributed by atoms with E-state index in [0.717, 1.165) is 0 Å². The highest BCUT2D eigenvalue weighted by molar-refractivity contribution is 7.08. The van der Waals surface area contributed by atoms with Crippen molar-refractivity contribution in [2.24, 2.45) is 5.73 Å². The van der Waals surface area contributed by atoms with Gasteiger partial charge >= 0.3 is 0 Å². The van der Waals surface area contributed by atoms with Gasteiger partial charge in [-0.2, -0.15) is 11.3 Å². The van der Waals surface area contributed by atoms with Crippen LogP contribution in [0.25, 0.3) is 0 Å². The SMILES string of the molecule is COCC(F)(CCCN)c1ccsc1. The molecule has 1 unspecified atom stereocenters. The number of ether oxygens (including phenoxy) is 1. The first-order valence-corrected chi connectivity index (χ1v) is 5.58. The Labute approximate surface area is 87.9 Å². The van der Waals surface area contributed by atoms with Crippen LogP contribution in [0.5, 0.6) is 0 Å². The molecule has 0 saturated heterocycles. The minimum atomic E-state index is -1.37. The van der Waals surface area contributed by atoms with Gasteiger partial charge < -0.3 is 10.5 Å². The maximum Gasteiger partial charge on any atom is 0.160 e. The molecule has 0 fully saturated rings. The average Bonchev–Trinajstić information content (AvgIpc) is 2.68. The Bertz CT molecular complexity index is 253. The molecular weight excluding hydrogens is 201 g/mol. The van der Waals surface area contributed by atoms with E-state index in [-0.39, 0.29) is 6.61 Å². The van der Waals surface area contributed by atoms with Crippen molar-refractivity contribution in [2.45, 2.75) is 18.5 Å². The second-order valence-electron chi connectivity index (χ2n) is 3.30. The van der Waals surface area contributed by atoms with Crippen LogP contribution in [-0.4, -0.2) is 20.3 Å². The zero-order chi connectivity index (χ0) is 10.4. The van der Waals surface area contributed by atoms with Crippen LogP contribution in [0.3, 0.4) is 0 Å². The van der Waals surface area contributed by atoms with E-state index < -0.39 is 5.67 Å². The predicted octanol–water partition coefficient (Wildman–Crippen LogP) is 2.30. The summed E-state index contributed by atoms with van der Waals surface area (Å²) in [5.74, 6) is 0. The molecule has 0 aliphatic rings.